The molecule has 4 nitrogen and oxygen atoms in total. The molecule has 1 aliphatic carbocycles. The van der Waals surface area contributed by atoms with Crippen molar-refractivity contribution in [2.45, 2.75) is 39.0 Å². The minimum atomic E-state index is -0.338. The van der Waals surface area contributed by atoms with Gasteiger partial charge in [-0.1, -0.05) is 19.8 Å². The Kier molecular flexibility index (Phi) is 5.90. The molecule has 4 heteroatoms. The number of carbonyl (C=O) groups is 1. The Balaban J connectivity index is 1.73. The molecule has 1 aromatic rings. The molecule has 1 fully saturated rings. The number of carbonyl (C=O) groups excluding carboxylic acids is 1. The maximum absolute atomic E-state index is 10.6. The molecule has 1 aromatic carbocycles. The fourth-order valence-electron chi connectivity index (χ4n) is 2.95. The Morgan fingerprint density at radius 3 is 2.76 bits per heavy atom. The first-order valence-electron chi connectivity index (χ1n) is 7.88. The standard InChI is InChI=1S/C17H26N2O2/c1-13-3-2-4-14(11-13)12-19-15-5-7-16(8-6-15)21-10-9-17(18)20/h5-8,13-14,19H,2-4,9-12H2,1H3,(H2,18,20). The summed E-state index contributed by atoms with van der Waals surface area (Å²) in [4.78, 5) is 10.6. The van der Waals surface area contributed by atoms with Crippen LogP contribution in [0.4, 0.5) is 5.69 Å². The van der Waals surface area contributed by atoms with Gasteiger partial charge in [0, 0.05) is 12.2 Å². The zero-order valence-electron chi connectivity index (χ0n) is 12.8. The van der Waals surface area contributed by atoms with E-state index in [9.17, 15) is 4.79 Å². The molecular formula is C17H26N2O2. The number of hydrogen-bond donors (Lipinski definition) is 2. The maximum atomic E-state index is 10.6. The van der Waals surface area contributed by atoms with Crippen LogP contribution in [-0.4, -0.2) is 19.1 Å². The average molecular weight is 290 g/mol. The van der Waals surface area contributed by atoms with Crippen LogP contribution < -0.4 is 15.8 Å². The van der Waals surface area contributed by atoms with Gasteiger partial charge in [-0.3, -0.25) is 4.79 Å². The zero-order chi connectivity index (χ0) is 15.1. The Morgan fingerprint density at radius 2 is 2.10 bits per heavy atom. The van der Waals surface area contributed by atoms with Gasteiger partial charge < -0.3 is 15.8 Å². The summed E-state index contributed by atoms with van der Waals surface area (Å²) in [5.74, 6) is 2.09. The molecular weight excluding hydrogens is 264 g/mol. The molecule has 3 N–H and O–H groups in total. The van der Waals surface area contributed by atoms with Crippen LogP contribution in [0, 0.1) is 11.8 Å². The van der Waals surface area contributed by atoms with E-state index in [2.05, 4.69) is 12.2 Å². The summed E-state index contributed by atoms with van der Waals surface area (Å²) in [6.45, 7) is 3.73. The Labute approximate surface area is 127 Å². The molecule has 0 heterocycles. The molecule has 0 aliphatic heterocycles. The Hall–Kier alpha value is -1.71. The van der Waals surface area contributed by atoms with Crippen LogP contribution >= 0.6 is 0 Å². The molecule has 0 spiro atoms. The highest BCUT2D eigenvalue weighted by molar-refractivity contribution is 5.73. The highest BCUT2D eigenvalue weighted by Crippen LogP contribution is 2.28. The normalized spacial score (nSPS) is 21.8. The van der Waals surface area contributed by atoms with E-state index in [1.165, 1.54) is 25.7 Å². The summed E-state index contributed by atoms with van der Waals surface area (Å²) in [5, 5.41) is 3.51. The fraction of sp³-hybridized carbons (Fsp3) is 0.588. The predicted octanol–water partition coefficient (Wildman–Crippen LogP) is 3.18. The lowest BCUT2D eigenvalue weighted by Gasteiger charge is -2.27. The van der Waals surface area contributed by atoms with Crippen molar-refractivity contribution in [3.63, 3.8) is 0 Å². The van der Waals surface area contributed by atoms with Gasteiger partial charge in [-0.25, -0.2) is 0 Å². The number of rotatable bonds is 7. The lowest BCUT2D eigenvalue weighted by atomic mass is 9.82. The highest BCUT2D eigenvalue weighted by Gasteiger charge is 2.18. The van der Waals surface area contributed by atoms with Gasteiger partial charge in [0.25, 0.3) is 0 Å². The fourth-order valence-corrected chi connectivity index (χ4v) is 2.95. The topological polar surface area (TPSA) is 64.3 Å². The molecule has 0 radical (unpaired) electrons. The van der Waals surface area contributed by atoms with Crippen molar-refractivity contribution in [3.8, 4) is 5.75 Å². The molecule has 1 aliphatic rings. The van der Waals surface area contributed by atoms with Crippen molar-refractivity contribution in [1.82, 2.24) is 0 Å². The summed E-state index contributed by atoms with van der Waals surface area (Å²) in [5.41, 5.74) is 6.19. The first-order chi connectivity index (χ1) is 10.1. The number of benzene rings is 1. The number of anilines is 1. The number of hydrogen-bond acceptors (Lipinski definition) is 3. The van der Waals surface area contributed by atoms with Crippen LogP contribution in [0.25, 0.3) is 0 Å². The molecule has 2 rings (SSSR count). The quantitative estimate of drug-likeness (QED) is 0.810. The SMILES string of the molecule is CC1CCCC(CNc2ccc(OCCC(N)=O)cc2)C1. The summed E-state index contributed by atoms with van der Waals surface area (Å²) < 4.78 is 5.45. The molecule has 0 aromatic heterocycles. The number of amides is 1. The zero-order valence-corrected chi connectivity index (χ0v) is 12.8. The largest absolute Gasteiger partial charge is 0.493 e. The number of ether oxygens (including phenoxy) is 1. The molecule has 2 atom stereocenters. The molecule has 21 heavy (non-hydrogen) atoms. The van der Waals surface area contributed by atoms with Crippen LogP contribution in [0.3, 0.4) is 0 Å². The Bertz CT molecular complexity index is 445. The first kappa shape index (κ1) is 15.7. The smallest absolute Gasteiger partial charge is 0.220 e. The van der Waals surface area contributed by atoms with Crippen LogP contribution in [0.5, 0.6) is 5.75 Å². The van der Waals surface area contributed by atoms with Crippen LogP contribution in [0.15, 0.2) is 24.3 Å². The van der Waals surface area contributed by atoms with E-state index in [1.54, 1.807) is 0 Å². The van der Waals surface area contributed by atoms with E-state index in [0.717, 1.165) is 29.8 Å². The number of nitrogens with one attached hydrogen (secondary N) is 1. The predicted molar refractivity (Wildman–Crippen MR) is 85.4 cm³/mol. The molecule has 0 saturated heterocycles. The first-order valence-corrected chi connectivity index (χ1v) is 7.88. The van der Waals surface area contributed by atoms with Gasteiger partial charge in [0.05, 0.1) is 13.0 Å². The van der Waals surface area contributed by atoms with Crippen molar-refractivity contribution in [2.24, 2.45) is 17.6 Å². The van der Waals surface area contributed by atoms with Gasteiger partial charge in [-0.2, -0.15) is 0 Å². The minimum absolute atomic E-state index is 0.250. The second-order valence-electron chi connectivity index (χ2n) is 6.11. The lowest BCUT2D eigenvalue weighted by Crippen LogP contribution is -2.20. The third kappa shape index (κ3) is 5.66. The monoisotopic (exact) mass is 290 g/mol. The van der Waals surface area contributed by atoms with Crippen molar-refractivity contribution < 1.29 is 9.53 Å². The van der Waals surface area contributed by atoms with Crippen molar-refractivity contribution in [1.29, 1.82) is 0 Å². The van der Waals surface area contributed by atoms with Gasteiger partial charge in [-0.05, 0) is 48.9 Å². The van der Waals surface area contributed by atoms with Gasteiger partial charge in [0.2, 0.25) is 5.91 Å². The molecule has 0 bridgehead atoms. The van der Waals surface area contributed by atoms with Gasteiger partial charge in [0.1, 0.15) is 5.75 Å². The van der Waals surface area contributed by atoms with Gasteiger partial charge in [0.15, 0.2) is 0 Å². The highest BCUT2D eigenvalue weighted by atomic mass is 16.5. The maximum Gasteiger partial charge on any atom is 0.220 e. The summed E-state index contributed by atoms with van der Waals surface area (Å²) in [6, 6.07) is 7.89. The summed E-state index contributed by atoms with van der Waals surface area (Å²) >= 11 is 0. The number of nitrogens with two attached hydrogens (primary N) is 1. The van der Waals surface area contributed by atoms with Gasteiger partial charge >= 0.3 is 0 Å². The van der Waals surface area contributed by atoms with Crippen LogP contribution in [0.2, 0.25) is 0 Å². The van der Waals surface area contributed by atoms with E-state index in [0.29, 0.717) is 6.61 Å². The van der Waals surface area contributed by atoms with E-state index < -0.39 is 0 Å². The molecule has 116 valence electrons. The van der Waals surface area contributed by atoms with Crippen LogP contribution in [0.1, 0.15) is 39.0 Å². The third-order valence-corrected chi connectivity index (χ3v) is 4.11. The second-order valence-corrected chi connectivity index (χ2v) is 6.11. The second kappa shape index (κ2) is 7.91. The molecule has 2 unspecified atom stereocenters. The van der Waals surface area contributed by atoms with Crippen molar-refractivity contribution in [2.75, 3.05) is 18.5 Å². The number of primary amides is 1. The van der Waals surface area contributed by atoms with Crippen molar-refractivity contribution in [3.05, 3.63) is 24.3 Å². The third-order valence-electron chi connectivity index (χ3n) is 4.11. The average Bonchev–Trinajstić information content (AvgIpc) is 2.46. The van der Waals surface area contributed by atoms with E-state index >= 15 is 0 Å². The van der Waals surface area contributed by atoms with Crippen molar-refractivity contribution >= 4 is 11.6 Å². The van der Waals surface area contributed by atoms with E-state index in [1.807, 2.05) is 24.3 Å². The van der Waals surface area contributed by atoms with Gasteiger partial charge in [-0.15, -0.1) is 0 Å². The lowest BCUT2D eigenvalue weighted by molar-refractivity contribution is -0.118. The van der Waals surface area contributed by atoms with Crippen LogP contribution in [-0.2, 0) is 4.79 Å². The minimum Gasteiger partial charge on any atom is -0.493 e. The molecule has 1 amide bonds. The summed E-state index contributed by atoms with van der Waals surface area (Å²) in [6.07, 6.45) is 5.67. The summed E-state index contributed by atoms with van der Waals surface area (Å²) in [7, 11) is 0. The Morgan fingerprint density at radius 1 is 1.33 bits per heavy atom. The van der Waals surface area contributed by atoms with E-state index in [-0.39, 0.29) is 12.3 Å². The van der Waals surface area contributed by atoms with E-state index in [4.69, 9.17) is 10.5 Å². The molecule has 1 saturated carbocycles.